The Morgan fingerprint density at radius 3 is 2.37 bits per heavy atom. The van der Waals surface area contributed by atoms with Crippen molar-refractivity contribution in [2.45, 2.75) is 13.1 Å². The Labute approximate surface area is 196 Å². The highest BCUT2D eigenvalue weighted by Crippen LogP contribution is 2.29. The third kappa shape index (κ3) is 4.83. The third-order valence-electron chi connectivity index (χ3n) is 5.58. The fraction of sp³-hybridized carbons (Fsp3) is 0.273. The summed E-state index contributed by atoms with van der Waals surface area (Å²) in [7, 11) is 0. The van der Waals surface area contributed by atoms with Crippen molar-refractivity contribution in [3.63, 3.8) is 0 Å². The molecule has 3 heterocycles. The molecule has 2 aromatic heterocycles. The molecule has 1 fully saturated rings. The van der Waals surface area contributed by atoms with Gasteiger partial charge in [-0.3, -0.25) is 19.7 Å². The number of anilines is 1. The second kappa shape index (κ2) is 9.16. The van der Waals surface area contributed by atoms with Gasteiger partial charge in [-0.2, -0.15) is 18.3 Å². The van der Waals surface area contributed by atoms with E-state index in [2.05, 4.69) is 10.1 Å². The minimum absolute atomic E-state index is 0.113. The molecule has 182 valence electrons. The number of piperazine rings is 1. The first-order valence-corrected chi connectivity index (χ1v) is 10.5. The number of nitro benzene ring substituents is 1. The fourth-order valence-electron chi connectivity index (χ4n) is 3.77. The van der Waals surface area contributed by atoms with E-state index >= 15 is 0 Å². The highest BCUT2D eigenvalue weighted by Gasteiger charge is 2.31. The maximum atomic E-state index is 13.1. The van der Waals surface area contributed by atoms with Crippen LogP contribution in [0.2, 0.25) is 0 Å². The summed E-state index contributed by atoms with van der Waals surface area (Å²) in [6, 6.07) is 9.25. The lowest BCUT2D eigenvalue weighted by Gasteiger charge is -2.35. The molecular weight excluding hydrogens is 469 g/mol. The van der Waals surface area contributed by atoms with Gasteiger partial charge < -0.3 is 9.80 Å². The van der Waals surface area contributed by atoms with Gasteiger partial charge in [0.05, 0.1) is 10.5 Å². The number of rotatable bonds is 4. The number of nitrogens with zero attached hydrogens (tertiary/aromatic N) is 6. The predicted molar refractivity (Wildman–Crippen MR) is 119 cm³/mol. The zero-order valence-electron chi connectivity index (χ0n) is 18.4. The molecule has 0 aliphatic carbocycles. The summed E-state index contributed by atoms with van der Waals surface area (Å²) >= 11 is 0. The van der Waals surface area contributed by atoms with Crippen molar-refractivity contribution in [2.24, 2.45) is 0 Å². The Morgan fingerprint density at radius 1 is 1.09 bits per heavy atom. The third-order valence-corrected chi connectivity index (χ3v) is 5.58. The average Bonchev–Trinajstić information content (AvgIpc) is 2.83. The van der Waals surface area contributed by atoms with Gasteiger partial charge >= 0.3 is 6.18 Å². The van der Waals surface area contributed by atoms with Crippen LogP contribution in [0, 0.1) is 17.0 Å². The van der Waals surface area contributed by atoms with Crippen LogP contribution in [0.15, 0.2) is 53.5 Å². The number of halogens is 3. The Kier molecular flexibility index (Phi) is 6.24. The number of nitro groups is 1. The van der Waals surface area contributed by atoms with E-state index in [0.29, 0.717) is 11.5 Å². The number of hydrogen-bond acceptors (Lipinski definition) is 7. The molecule has 1 amide bonds. The Morgan fingerprint density at radius 2 is 1.77 bits per heavy atom. The van der Waals surface area contributed by atoms with Crippen LogP contribution in [0.3, 0.4) is 0 Å². The molecule has 4 rings (SSSR count). The van der Waals surface area contributed by atoms with Gasteiger partial charge in [0.25, 0.3) is 11.6 Å². The van der Waals surface area contributed by atoms with E-state index in [1.165, 1.54) is 39.9 Å². The summed E-state index contributed by atoms with van der Waals surface area (Å²) < 4.78 is 39.5. The Balaban J connectivity index is 1.54. The lowest BCUT2D eigenvalue weighted by molar-refractivity contribution is -0.384. The minimum Gasteiger partial charge on any atom is -0.353 e. The van der Waals surface area contributed by atoms with Gasteiger partial charge in [-0.05, 0) is 25.1 Å². The van der Waals surface area contributed by atoms with Crippen molar-refractivity contribution >= 4 is 17.4 Å². The number of aryl methyl sites for hydroxylation is 1. The van der Waals surface area contributed by atoms with Gasteiger partial charge in [0.15, 0.2) is 5.69 Å². The standard InChI is InChI=1S/C22H19F3N6O4/c1-14-12-18(32)20(27-30(14)16-4-2-3-5-17(16)31(34)35)21(33)29-10-8-28(9-11-29)19-7-6-15(13-26-19)22(23,24)25/h2-7,12-13H,8-11H2,1H3. The lowest BCUT2D eigenvalue weighted by Crippen LogP contribution is -2.50. The van der Waals surface area contributed by atoms with Crippen molar-refractivity contribution in [1.82, 2.24) is 19.7 Å². The smallest absolute Gasteiger partial charge is 0.353 e. The number of para-hydroxylation sites is 2. The van der Waals surface area contributed by atoms with E-state index in [1.807, 2.05) is 0 Å². The van der Waals surface area contributed by atoms with Gasteiger partial charge in [-0.1, -0.05) is 12.1 Å². The molecule has 1 saturated heterocycles. The molecule has 1 aliphatic heterocycles. The molecule has 10 nitrogen and oxygen atoms in total. The first-order chi connectivity index (χ1) is 16.6. The van der Waals surface area contributed by atoms with Crippen LogP contribution in [0.25, 0.3) is 5.69 Å². The molecule has 0 atom stereocenters. The van der Waals surface area contributed by atoms with Crippen LogP contribution >= 0.6 is 0 Å². The quantitative estimate of drug-likeness (QED) is 0.410. The maximum Gasteiger partial charge on any atom is 0.417 e. The monoisotopic (exact) mass is 488 g/mol. The lowest BCUT2D eigenvalue weighted by atomic mass is 10.2. The van der Waals surface area contributed by atoms with Crippen molar-refractivity contribution in [2.75, 3.05) is 31.1 Å². The minimum atomic E-state index is -4.48. The maximum absolute atomic E-state index is 13.1. The van der Waals surface area contributed by atoms with E-state index in [4.69, 9.17) is 0 Å². The molecular formula is C22H19F3N6O4. The summed E-state index contributed by atoms with van der Waals surface area (Å²) in [5.41, 5.74) is -1.65. The van der Waals surface area contributed by atoms with Gasteiger partial charge in [0, 0.05) is 50.2 Å². The largest absolute Gasteiger partial charge is 0.417 e. The normalized spacial score (nSPS) is 14.2. The number of alkyl halides is 3. The van der Waals surface area contributed by atoms with Crippen LogP contribution in [-0.4, -0.2) is 56.7 Å². The van der Waals surface area contributed by atoms with E-state index in [0.717, 1.165) is 12.3 Å². The topological polar surface area (TPSA) is 114 Å². The van der Waals surface area contributed by atoms with Crippen molar-refractivity contribution < 1.29 is 22.9 Å². The van der Waals surface area contributed by atoms with Crippen molar-refractivity contribution in [3.05, 3.63) is 86.0 Å². The van der Waals surface area contributed by atoms with E-state index < -0.39 is 28.0 Å². The molecule has 1 aliphatic rings. The van der Waals surface area contributed by atoms with Crippen LogP contribution in [0.5, 0.6) is 0 Å². The molecule has 35 heavy (non-hydrogen) atoms. The molecule has 0 N–H and O–H groups in total. The molecule has 0 bridgehead atoms. The van der Waals surface area contributed by atoms with Gasteiger partial charge in [-0.25, -0.2) is 9.67 Å². The first kappa shape index (κ1) is 23.9. The molecule has 0 unspecified atom stereocenters. The molecule has 0 spiro atoms. The number of amides is 1. The van der Waals surface area contributed by atoms with Crippen LogP contribution in [0.4, 0.5) is 24.7 Å². The highest BCUT2D eigenvalue weighted by molar-refractivity contribution is 5.92. The number of carbonyl (C=O) groups is 1. The molecule has 0 saturated carbocycles. The average molecular weight is 488 g/mol. The first-order valence-electron chi connectivity index (χ1n) is 10.5. The van der Waals surface area contributed by atoms with Crippen LogP contribution in [0.1, 0.15) is 21.7 Å². The van der Waals surface area contributed by atoms with Crippen molar-refractivity contribution in [3.8, 4) is 5.69 Å². The van der Waals surface area contributed by atoms with E-state index in [-0.39, 0.29) is 43.2 Å². The zero-order chi connectivity index (χ0) is 25.3. The zero-order valence-corrected chi connectivity index (χ0v) is 18.4. The second-order valence-corrected chi connectivity index (χ2v) is 7.84. The second-order valence-electron chi connectivity index (χ2n) is 7.84. The number of hydrogen-bond donors (Lipinski definition) is 0. The van der Waals surface area contributed by atoms with E-state index in [1.54, 1.807) is 17.9 Å². The van der Waals surface area contributed by atoms with Crippen molar-refractivity contribution in [1.29, 1.82) is 0 Å². The van der Waals surface area contributed by atoms with Gasteiger partial charge in [0.1, 0.15) is 11.5 Å². The summed E-state index contributed by atoms with van der Waals surface area (Å²) in [5.74, 6) is -0.292. The summed E-state index contributed by atoms with van der Waals surface area (Å²) in [6.07, 6.45) is -3.72. The molecule has 3 aromatic rings. The SMILES string of the molecule is Cc1cc(=O)c(C(=O)N2CCN(c3ccc(C(F)(F)F)cn3)CC2)nn1-c1ccccc1[N+](=O)[O-]. The molecule has 0 radical (unpaired) electrons. The summed E-state index contributed by atoms with van der Waals surface area (Å²) in [5, 5.41) is 15.6. The highest BCUT2D eigenvalue weighted by atomic mass is 19.4. The number of pyridine rings is 1. The molecule has 1 aromatic carbocycles. The predicted octanol–water partition coefficient (Wildman–Crippen LogP) is 2.83. The van der Waals surface area contributed by atoms with Crippen LogP contribution < -0.4 is 10.3 Å². The van der Waals surface area contributed by atoms with Crippen LogP contribution in [-0.2, 0) is 6.18 Å². The Bertz CT molecular complexity index is 1330. The Hall–Kier alpha value is -4.29. The summed E-state index contributed by atoms with van der Waals surface area (Å²) in [4.78, 5) is 43.5. The van der Waals surface area contributed by atoms with E-state index in [9.17, 15) is 32.9 Å². The molecule has 13 heteroatoms. The number of benzene rings is 1. The van der Waals surface area contributed by atoms with Gasteiger partial charge in [-0.15, -0.1) is 0 Å². The fourth-order valence-corrected chi connectivity index (χ4v) is 3.77. The van der Waals surface area contributed by atoms with Gasteiger partial charge in [0.2, 0.25) is 5.43 Å². The summed E-state index contributed by atoms with van der Waals surface area (Å²) in [6.45, 7) is 2.49. The number of carbonyl (C=O) groups excluding carboxylic acids is 1. The number of aromatic nitrogens is 3.